The number of carbonyl (C=O) groups excluding carboxylic acids is 3. The van der Waals surface area contributed by atoms with E-state index in [9.17, 15) is 19.5 Å². The number of phenols is 1. The summed E-state index contributed by atoms with van der Waals surface area (Å²) in [6.07, 6.45) is 0.161. The number of rotatable bonds is 10. The van der Waals surface area contributed by atoms with Crippen LogP contribution in [-0.4, -0.2) is 43.1 Å². The normalized spacial score (nSPS) is 11.2. The Kier molecular flexibility index (Phi) is 8.99. The number of carbonyl (C=O) groups is 3. The lowest BCUT2D eigenvalue weighted by molar-refractivity contribution is -0.118. The molecular weight excluding hydrogens is 510 g/mol. The maximum Gasteiger partial charge on any atom is 0.255 e. The van der Waals surface area contributed by atoms with Gasteiger partial charge in [0.05, 0.1) is 25.5 Å². The van der Waals surface area contributed by atoms with Crippen LogP contribution < -0.4 is 25.4 Å². The van der Waals surface area contributed by atoms with Gasteiger partial charge in [0, 0.05) is 17.7 Å². The van der Waals surface area contributed by atoms with Crippen molar-refractivity contribution in [1.82, 2.24) is 5.32 Å². The van der Waals surface area contributed by atoms with Crippen LogP contribution in [0.2, 0.25) is 0 Å². The molecule has 3 amide bonds. The third-order valence-electron chi connectivity index (χ3n) is 6.13. The summed E-state index contributed by atoms with van der Waals surface area (Å²) in [6.45, 7) is 0. The van der Waals surface area contributed by atoms with Crippen LogP contribution in [0.1, 0.15) is 26.3 Å². The third-order valence-corrected chi connectivity index (χ3v) is 6.13. The van der Waals surface area contributed by atoms with E-state index in [1.54, 1.807) is 92.0 Å². The molecule has 4 aromatic carbocycles. The van der Waals surface area contributed by atoms with Crippen LogP contribution >= 0.6 is 0 Å². The second-order valence-electron chi connectivity index (χ2n) is 8.84. The molecule has 4 aromatic rings. The van der Waals surface area contributed by atoms with Gasteiger partial charge in [-0.05, 0) is 78.4 Å². The fourth-order valence-electron chi connectivity index (χ4n) is 3.94. The molecule has 40 heavy (non-hydrogen) atoms. The van der Waals surface area contributed by atoms with E-state index >= 15 is 0 Å². The molecule has 0 saturated heterocycles. The minimum atomic E-state index is -0.968. The van der Waals surface area contributed by atoms with Gasteiger partial charge >= 0.3 is 0 Å². The molecule has 0 heterocycles. The summed E-state index contributed by atoms with van der Waals surface area (Å²) in [4.78, 5) is 39.6. The molecule has 0 radical (unpaired) electrons. The molecular formula is C31H29N3O6. The Balaban J connectivity index is 1.54. The smallest absolute Gasteiger partial charge is 0.255 e. The van der Waals surface area contributed by atoms with Gasteiger partial charge in [-0.25, -0.2) is 0 Å². The summed E-state index contributed by atoms with van der Waals surface area (Å²) in [5.41, 5.74) is 2.13. The fraction of sp³-hybridized carbons (Fsp3) is 0.129. The number of para-hydroxylation sites is 1. The number of amides is 3. The van der Waals surface area contributed by atoms with E-state index in [0.29, 0.717) is 28.4 Å². The lowest BCUT2D eigenvalue weighted by Crippen LogP contribution is -2.45. The maximum absolute atomic E-state index is 13.4. The molecule has 0 aliphatic heterocycles. The van der Waals surface area contributed by atoms with Gasteiger partial charge < -0.3 is 30.5 Å². The summed E-state index contributed by atoms with van der Waals surface area (Å²) in [5, 5.41) is 18.0. The molecule has 0 spiro atoms. The van der Waals surface area contributed by atoms with Crippen molar-refractivity contribution >= 4 is 29.1 Å². The van der Waals surface area contributed by atoms with Crippen LogP contribution in [0.4, 0.5) is 11.4 Å². The molecule has 4 N–H and O–H groups in total. The Morgan fingerprint density at radius 1 is 0.725 bits per heavy atom. The monoisotopic (exact) mass is 539 g/mol. The number of anilines is 2. The second-order valence-corrected chi connectivity index (χ2v) is 8.84. The summed E-state index contributed by atoms with van der Waals surface area (Å²) in [6, 6.07) is 25.4. The Bertz CT molecular complexity index is 1470. The minimum Gasteiger partial charge on any atom is -0.508 e. The first-order chi connectivity index (χ1) is 19.4. The number of hydrogen-bond acceptors (Lipinski definition) is 6. The van der Waals surface area contributed by atoms with E-state index in [-0.39, 0.29) is 17.7 Å². The Labute approximate surface area is 231 Å². The van der Waals surface area contributed by atoms with Gasteiger partial charge in [0.15, 0.2) is 0 Å². The maximum atomic E-state index is 13.4. The van der Waals surface area contributed by atoms with Gasteiger partial charge in [-0.15, -0.1) is 0 Å². The second kappa shape index (κ2) is 13.0. The van der Waals surface area contributed by atoms with E-state index in [2.05, 4.69) is 16.0 Å². The van der Waals surface area contributed by atoms with Crippen LogP contribution in [-0.2, 0) is 11.2 Å². The average molecular weight is 540 g/mol. The molecule has 9 heteroatoms. The van der Waals surface area contributed by atoms with E-state index < -0.39 is 23.8 Å². The predicted molar refractivity (Wildman–Crippen MR) is 152 cm³/mol. The minimum absolute atomic E-state index is 0.0912. The molecule has 0 aromatic heterocycles. The van der Waals surface area contributed by atoms with E-state index in [0.717, 1.165) is 5.56 Å². The highest BCUT2D eigenvalue weighted by atomic mass is 16.5. The number of aromatic hydroxyl groups is 1. The first kappa shape index (κ1) is 27.7. The highest BCUT2D eigenvalue weighted by Gasteiger charge is 2.24. The van der Waals surface area contributed by atoms with Gasteiger partial charge in [-0.1, -0.05) is 24.3 Å². The largest absolute Gasteiger partial charge is 0.508 e. The van der Waals surface area contributed by atoms with E-state index in [1.165, 1.54) is 19.2 Å². The topological polar surface area (TPSA) is 126 Å². The molecule has 0 aliphatic rings. The van der Waals surface area contributed by atoms with Crippen molar-refractivity contribution in [2.75, 3.05) is 24.9 Å². The number of ether oxygens (including phenoxy) is 2. The Morgan fingerprint density at radius 3 is 1.95 bits per heavy atom. The molecule has 0 saturated carbocycles. The molecule has 204 valence electrons. The molecule has 4 rings (SSSR count). The van der Waals surface area contributed by atoms with Crippen molar-refractivity contribution in [3.05, 3.63) is 114 Å². The number of methoxy groups -OCH3 is 2. The number of phenolic OH excluding ortho intramolecular Hbond substituents is 1. The molecule has 0 aliphatic carbocycles. The van der Waals surface area contributed by atoms with Crippen LogP contribution in [0.3, 0.4) is 0 Å². The van der Waals surface area contributed by atoms with Crippen molar-refractivity contribution in [1.29, 1.82) is 0 Å². The highest BCUT2D eigenvalue weighted by molar-refractivity contribution is 6.10. The van der Waals surface area contributed by atoms with Crippen molar-refractivity contribution < 1.29 is 29.0 Å². The molecule has 1 atom stereocenters. The van der Waals surface area contributed by atoms with Crippen LogP contribution in [0, 0.1) is 0 Å². The van der Waals surface area contributed by atoms with Gasteiger partial charge in [-0.3, -0.25) is 14.4 Å². The van der Waals surface area contributed by atoms with E-state index in [4.69, 9.17) is 9.47 Å². The summed E-state index contributed by atoms with van der Waals surface area (Å²) >= 11 is 0. The number of benzene rings is 4. The Hall–Kier alpha value is -5.31. The number of nitrogens with one attached hydrogen (secondary N) is 3. The van der Waals surface area contributed by atoms with Crippen LogP contribution in [0.5, 0.6) is 17.2 Å². The highest BCUT2D eigenvalue weighted by Crippen LogP contribution is 2.20. The van der Waals surface area contributed by atoms with Gasteiger partial charge in [0.2, 0.25) is 5.91 Å². The van der Waals surface area contributed by atoms with Crippen LogP contribution in [0.25, 0.3) is 0 Å². The summed E-state index contributed by atoms with van der Waals surface area (Å²) in [7, 11) is 3.09. The number of hydrogen-bond donors (Lipinski definition) is 4. The zero-order valence-corrected chi connectivity index (χ0v) is 22.0. The zero-order valence-electron chi connectivity index (χ0n) is 22.0. The van der Waals surface area contributed by atoms with Gasteiger partial charge in [-0.2, -0.15) is 0 Å². The Morgan fingerprint density at radius 2 is 1.32 bits per heavy atom. The first-order valence-electron chi connectivity index (χ1n) is 12.4. The van der Waals surface area contributed by atoms with Gasteiger partial charge in [0.25, 0.3) is 11.8 Å². The van der Waals surface area contributed by atoms with Gasteiger partial charge in [0.1, 0.15) is 23.3 Å². The quantitative estimate of drug-likeness (QED) is 0.233. The standard InChI is InChI=1S/C31H29N3O6/c1-39-24-15-9-21(10-16-24)29(36)33-27-6-4-3-5-26(27)30(37)34-28(19-20-7-13-23(35)14-8-20)31(38)32-22-11-17-25(40-2)18-12-22/h3-18,28,35H,19H2,1-2H3,(H,32,38)(H,33,36)(H,34,37). The van der Waals surface area contributed by atoms with Crippen molar-refractivity contribution in [2.45, 2.75) is 12.5 Å². The van der Waals surface area contributed by atoms with Crippen molar-refractivity contribution in [3.63, 3.8) is 0 Å². The van der Waals surface area contributed by atoms with Crippen LogP contribution in [0.15, 0.2) is 97.1 Å². The van der Waals surface area contributed by atoms with Crippen molar-refractivity contribution in [2.24, 2.45) is 0 Å². The summed E-state index contributed by atoms with van der Waals surface area (Å²) in [5.74, 6) is -0.0378. The molecule has 0 fully saturated rings. The molecule has 0 bridgehead atoms. The average Bonchev–Trinajstić information content (AvgIpc) is 2.98. The first-order valence-corrected chi connectivity index (χ1v) is 12.4. The SMILES string of the molecule is COc1ccc(NC(=O)C(Cc2ccc(O)cc2)NC(=O)c2ccccc2NC(=O)c2ccc(OC)cc2)cc1. The predicted octanol–water partition coefficient (Wildman–Crippen LogP) is 4.64. The molecule has 9 nitrogen and oxygen atoms in total. The fourth-order valence-corrected chi connectivity index (χ4v) is 3.94. The van der Waals surface area contributed by atoms with Crippen molar-refractivity contribution in [3.8, 4) is 17.2 Å². The lowest BCUT2D eigenvalue weighted by atomic mass is 10.0. The molecule has 1 unspecified atom stereocenters. The zero-order chi connectivity index (χ0) is 28.5. The summed E-state index contributed by atoms with van der Waals surface area (Å²) < 4.78 is 10.3. The van der Waals surface area contributed by atoms with E-state index in [1.807, 2.05) is 0 Å². The third kappa shape index (κ3) is 7.16. The lowest BCUT2D eigenvalue weighted by Gasteiger charge is -2.20.